The van der Waals surface area contributed by atoms with Crippen molar-refractivity contribution in [3.05, 3.63) is 170 Å². The SMILES string of the molecule is CC/C=C\C/C=C\C/C=C\C/C=C\C/C=C\CCCCCCCCCCCCCCCCCC(=O)OCC(O)COP(=O)(O)OCC(O)COP(=O)(O)OCC(COC(=O)CCCCCCCCCCCCCCC/C=C\C/C=C\C/C=C\C/C=C\CCCCC)OC(=O)CCC/C=C\C/C=C\C/C=C\C/C=C\C/C=C\CC. The number of hydrogen-bond acceptors (Lipinski definition) is 14. The Morgan fingerprint density at radius 2 is 0.478 bits per heavy atom. The highest BCUT2D eigenvalue weighted by Gasteiger charge is 2.29. The molecule has 0 bridgehead atoms. The van der Waals surface area contributed by atoms with Gasteiger partial charge < -0.3 is 34.2 Å². The second-order valence-electron chi connectivity index (χ2n) is 29.3. The third-order valence-corrected chi connectivity index (χ3v) is 20.3. The molecule has 0 radical (unpaired) electrons. The minimum absolute atomic E-state index is 0.0222. The van der Waals surface area contributed by atoms with Crippen LogP contribution in [0.5, 0.6) is 0 Å². The zero-order chi connectivity index (χ0) is 82.2. The van der Waals surface area contributed by atoms with E-state index >= 15 is 0 Å². The van der Waals surface area contributed by atoms with Crippen LogP contribution in [0.15, 0.2) is 170 Å². The van der Waals surface area contributed by atoms with E-state index in [-0.39, 0.29) is 19.3 Å². The summed E-state index contributed by atoms with van der Waals surface area (Å²) in [6, 6.07) is 0. The van der Waals surface area contributed by atoms with Crippen LogP contribution >= 0.6 is 15.6 Å². The van der Waals surface area contributed by atoms with Crippen LogP contribution in [0.1, 0.15) is 355 Å². The molecular formula is C95H160O16P2. The van der Waals surface area contributed by atoms with Crippen molar-refractivity contribution >= 4 is 33.6 Å². The summed E-state index contributed by atoms with van der Waals surface area (Å²) in [4.78, 5) is 58.8. The molecule has 0 saturated heterocycles. The van der Waals surface area contributed by atoms with Crippen molar-refractivity contribution in [1.82, 2.24) is 0 Å². The number of aliphatic hydroxyl groups excluding tert-OH is 2. The van der Waals surface area contributed by atoms with Gasteiger partial charge in [-0.3, -0.25) is 32.5 Å². The molecule has 0 aromatic carbocycles. The summed E-state index contributed by atoms with van der Waals surface area (Å²) >= 11 is 0. The standard InChI is InChI=1S/C95H160O16P2/c1-4-7-10-13-16-19-22-25-28-31-33-35-37-39-41-43-44-46-48-49-51-53-55-58-60-63-66-69-72-75-78-81-93(98)105-84-90(96)85-107-112(101,102)108-86-91(97)87-109-113(103,104)110-89-92(111-95(100)83-80-77-74-71-68-65-62-57-30-27-24-21-18-15-12-9-6-3)88-106-94(99)82-79-76-73-70-67-64-61-59-56-54-52-50-47-45-42-40-38-36-34-32-29-26-23-20-17-14-11-8-5-2/h7,9-10,12,16-21,25-30,33-36,39-42,62,65,71,74,90-92,96-97H,4-6,8,11,13-15,22-24,31-32,37-38,43-61,63-64,66-70,72-73,75-89H2,1-3H3,(H,101,102)(H,103,104)/b10-7-,12-9-,19-16-,20-17-,21-18-,28-25-,29-26-,30-27-,35-33-,36-34-,41-39-,42-40-,65-62-,74-71-. The third kappa shape index (κ3) is 87.6. The molecule has 0 aromatic rings. The van der Waals surface area contributed by atoms with Crippen molar-refractivity contribution in [3.8, 4) is 0 Å². The second-order valence-corrected chi connectivity index (χ2v) is 32.2. The van der Waals surface area contributed by atoms with E-state index in [0.29, 0.717) is 25.7 Å². The molecule has 0 saturated carbocycles. The van der Waals surface area contributed by atoms with Gasteiger partial charge >= 0.3 is 33.6 Å². The van der Waals surface area contributed by atoms with Gasteiger partial charge in [-0.2, -0.15) is 0 Å². The maximum Gasteiger partial charge on any atom is 0.472 e. The molecule has 0 rings (SSSR count). The predicted octanol–water partition coefficient (Wildman–Crippen LogP) is 27.1. The lowest BCUT2D eigenvalue weighted by Gasteiger charge is -2.21. The molecule has 18 heteroatoms. The molecule has 0 aliphatic carbocycles. The molecule has 0 aliphatic rings. The molecule has 0 spiro atoms. The summed E-state index contributed by atoms with van der Waals surface area (Å²) in [5.41, 5.74) is 0. The molecule has 113 heavy (non-hydrogen) atoms. The fourth-order valence-corrected chi connectivity index (χ4v) is 13.3. The van der Waals surface area contributed by atoms with Crippen LogP contribution < -0.4 is 0 Å². The summed E-state index contributed by atoms with van der Waals surface area (Å²) in [5.74, 6) is -1.64. The van der Waals surface area contributed by atoms with E-state index in [0.717, 1.165) is 135 Å². The largest absolute Gasteiger partial charge is 0.472 e. The van der Waals surface area contributed by atoms with Gasteiger partial charge in [0.25, 0.3) is 0 Å². The van der Waals surface area contributed by atoms with E-state index in [1.807, 2.05) is 12.2 Å². The number of unbranched alkanes of at least 4 members (excludes halogenated alkanes) is 32. The molecule has 0 aliphatic heterocycles. The number of phosphoric acid groups is 2. The van der Waals surface area contributed by atoms with Crippen LogP contribution in [-0.4, -0.2) is 95.9 Å². The third-order valence-electron chi connectivity index (χ3n) is 18.4. The zero-order valence-corrected chi connectivity index (χ0v) is 72.8. The zero-order valence-electron chi connectivity index (χ0n) is 71.0. The Bertz CT molecular complexity index is 2730. The maximum atomic E-state index is 13.0. The first-order valence-corrected chi connectivity index (χ1v) is 47.4. The Morgan fingerprint density at radius 1 is 0.257 bits per heavy atom. The lowest BCUT2D eigenvalue weighted by atomic mass is 10.0. The Hall–Kier alpha value is -5.09. The van der Waals surface area contributed by atoms with Gasteiger partial charge in [-0.15, -0.1) is 0 Å². The highest BCUT2D eigenvalue weighted by atomic mass is 31.2. The van der Waals surface area contributed by atoms with Gasteiger partial charge in [0.15, 0.2) is 6.10 Å². The summed E-state index contributed by atoms with van der Waals surface area (Å²) in [7, 11) is -9.83. The number of ether oxygens (including phenoxy) is 3. The van der Waals surface area contributed by atoms with Crippen LogP contribution in [0.3, 0.4) is 0 Å². The Balaban J connectivity index is 4.55. The molecule has 0 heterocycles. The molecule has 0 amide bonds. The molecule has 0 fully saturated rings. The van der Waals surface area contributed by atoms with Gasteiger partial charge in [0, 0.05) is 19.3 Å². The van der Waals surface area contributed by atoms with Crippen molar-refractivity contribution in [2.24, 2.45) is 0 Å². The summed E-state index contributed by atoms with van der Waals surface area (Å²) < 4.78 is 61.3. The van der Waals surface area contributed by atoms with Gasteiger partial charge in [-0.25, -0.2) is 9.13 Å². The normalized spacial score (nSPS) is 14.6. The van der Waals surface area contributed by atoms with Gasteiger partial charge in [0.05, 0.1) is 26.4 Å². The number of phosphoric ester groups is 2. The summed E-state index contributed by atoms with van der Waals surface area (Å²) in [5, 5.41) is 20.7. The van der Waals surface area contributed by atoms with Crippen LogP contribution in [0.4, 0.5) is 0 Å². The number of carbonyl (C=O) groups is 3. The van der Waals surface area contributed by atoms with Crippen molar-refractivity contribution in [2.45, 2.75) is 373 Å². The predicted molar refractivity (Wildman–Crippen MR) is 472 cm³/mol. The topological polar surface area (TPSA) is 231 Å². The minimum Gasteiger partial charge on any atom is -0.463 e. The van der Waals surface area contributed by atoms with E-state index in [9.17, 15) is 43.5 Å². The lowest BCUT2D eigenvalue weighted by molar-refractivity contribution is -0.161. The number of allylic oxidation sites excluding steroid dienone is 28. The second kappa shape index (κ2) is 86.3. The Morgan fingerprint density at radius 3 is 0.770 bits per heavy atom. The fraction of sp³-hybridized carbons (Fsp3) is 0.674. The van der Waals surface area contributed by atoms with Crippen molar-refractivity contribution in [2.75, 3.05) is 39.6 Å². The quantitative estimate of drug-likeness (QED) is 0.0146. The highest BCUT2D eigenvalue weighted by Crippen LogP contribution is 2.45. The molecule has 646 valence electrons. The van der Waals surface area contributed by atoms with E-state index in [4.69, 9.17) is 32.3 Å². The van der Waals surface area contributed by atoms with Crippen molar-refractivity contribution in [1.29, 1.82) is 0 Å². The van der Waals surface area contributed by atoms with Crippen LogP contribution in [0.25, 0.3) is 0 Å². The first-order valence-electron chi connectivity index (χ1n) is 44.4. The van der Waals surface area contributed by atoms with E-state index in [2.05, 4.69) is 179 Å². The van der Waals surface area contributed by atoms with E-state index in [1.165, 1.54) is 154 Å². The van der Waals surface area contributed by atoms with Crippen LogP contribution in [-0.2, 0) is 55.8 Å². The summed E-state index contributed by atoms with van der Waals surface area (Å²) in [6.45, 7) is 2.38. The monoisotopic (exact) mass is 1620 g/mol. The molecule has 5 unspecified atom stereocenters. The van der Waals surface area contributed by atoms with Crippen molar-refractivity contribution in [3.63, 3.8) is 0 Å². The number of hydrogen-bond donors (Lipinski definition) is 4. The first kappa shape index (κ1) is 108. The van der Waals surface area contributed by atoms with Crippen LogP contribution in [0, 0.1) is 0 Å². The van der Waals surface area contributed by atoms with E-state index < -0.39 is 91.5 Å². The average Bonchev–Trinajstić information content (AvgIpc) is 0.901. The maximum absolute atomic E-state index is 13.0. The fourth-order valence-electron chi connectivity index (χ4n) is 11.7. The van der Waals surface area contributed by atoms with Gasteiger partial charge in [-0.05, 0) is 148 Å². The molecule has 0 aromatic heterocycles. The first-order chi connectivity index (χ1) is 55.2. The summed E-state index contributed by atoms with van der Waals surface area (Å²) in [6.07, 6.45) is 111. The molecule has 5 atom stereocenters. The Kier molecular flexibility index (Phi) is 82.4. The van der Waals surface area contributed by atoms with Gasteiger partial charge in [-0.1, -0.05) is 358 Å². The molecule has 16 nitrogen and oxygen atoms in total. The van der Waals surface area contributed by atoms with E-state index in [1.54, 1.807) is 0 Å². The minimum atomic E-state index is -4.96. The smallest absolute Gasteiger partial charge is 0.463 e. The number of carbonyl (C=O) groups excluding carboxylic acids is 3. The van der Waals surface area contributed by atoms with Gasteiger partial charge in [0.2, 0.25) is 0 Å². The Labute approximate surface area is 688 Å². The van der Waals surface area contributed by atoms with Crippen molar-refractivity contribution < 1.29 is 75.8 Å². The number of esters is 3. The highest BCUT2D eigenvalue weighted by molar-refractivity contribution is 7.47. The lowest BCUT2D eigenvalue weighted by Crippen LogP contribution is -2.30. The van der Waals surface area contributed by atoms with Crippen LogP contribution in [0.2, 0.25) is 0 Å². The number of aliphatic hydroxyl groups is 2. The molecular weight excluding hydrogens is 1460 g/mol. The molecule has 4 N–H and O–H groups in total. The van der Waals surface area contributed by atoms with Gasteiger partial charge in [0.1, 0.15) is 25.4 Å². The number of rotatable bonds is 83. The average molecular weight is 1620 g/mol.